The monoisotopic (exact) mass is 391 g/mol. The third kappa shape index (κ3) is 4.07. The average molecular weight is 391 g/mol. The fourth-order valence-corrected chi connectivity index (χ4v) is 4.27. The molecule has 3 amide bonds. The topological polar surface area (TPSA) is 106 Å². The number of carbonyl (C=O) groups excluding carboxylic acids is 3. The maximum atomic E-state index is 13.1. The lowest BCUT2D eigenvalue weighted by Crippen LogP contribution is -2.58. The van der Waals surface area contributed by atoms with Crippen molar-refractivity contribution < 1.29 is 19.1 Å². The maximum Gasteiger partial charge on any atom is 0.408 e. The largest absolute Gasteiger partial charge is 0.444 e. The second-order valence-corrected chi connectivity index (χ2v) is 8.83. The Bertz CT molecular complexity index is 697. The van der Waals surface area contributed by atoms with Crippen LogP contribution < -0.4 is 5.32 Å². The first-order valence-electron chi connectivity index (χ1n) is 9.81. The van der Waals surface area contributed by atoms with E-state index in [1.165, 1.54) is 4.90 Å². The van der Waals surface area contributed by atoms with E-state index in [1.807, 2.05) is 4.90 Å². The van der Waals surface area contributed by atoms with Crippen molar-refractivity contribution in [2.75, 3.05) is 26.7 Å². The van der Waals surface area contributed by atoms with E-state index in [-0.39, 0.29) is 30.4 Å². The highest BCUT2D eigenvalue weighted by molar-refractivity contribution is 5.88. The van der Waals surface area contributed by atoms with Gasteiger partial charge in [0.15, 0.2) is 0 Å². The van der Waals surface area contributed by atoms with Gasteiger partial charge in [0.05, 0.1) is 12.1 Å². The Morgan fingerprint density at radius 3 is 2.68 bits per heavy atom. The summed E-state index contributed by atoms with van der Waals surface area (Å²) in [6, 6.07) is 0.721. The van der Waals surface area contributed by atoms with Crippen LogP contribution in [-0.2, 0) is 14.3 Å². The molecule has 3 saturated heterocycles. The van der Waals surface area contributed by atoms with Crippen LogP contribution in [0.25, 0.3) is 0 Å². The Hall–Kier alpha value is -2.34. The Morgan fingerprint density at radius 1 is 1.39 bits per heavy atom. The molecule has 154 valence electrons. The number of carbonyl (C=O) groups is 3. The van der Waals surface area contributed by atoms with Crippen LogP contribution in [0.15, 0.2) is 0 Å². The fraction of sp³-hybridized carbons (Fsp3) is 0.789. The molecule has 28 heavy (non-hydrogen) atoms. The molecule has 0 aliphatic carbocycles. The number of alkyl carbamates (subject to hydrolysis) is 1. The van der Waals surface area contributed by atoms with Crippen LogP contribution in [0.2, 0.25) is 0 Å². The molecule has 0 spiro atoms. The number of nitrogens with one attached hydrogen (secondary N) is 1. The first kappa shape index (κ1) is 20.4. The van der Waals surface area contributed by atoms with Crippen LogP contribution in [0.4, 0.5) is 4.79 Å². The fourth-order valence-electron chi connectivity index (χ4n) is 4.27. The summed E-state index contributed by atoms with van der Waals surface area (Å²) in [4.78, 5) is 43.0. The number of ether oxygens (including phenoxy) is 1. The molecular weight excluding hydrogens is 362 g/mol. The highest BCUT2D eigenvalue weighted by atomic mass is 16.6. The van der Waals surface area contributed by atoms with Crippen molar-refractivity contribution in [2.24, 2.45) is 0 Å². The first-order chi connectivity index (χ1) is 13.1. The third-order valence-corrected chi connectivity index (χ3v) is 5.65. The van der Waals surface area contributed by atoms with E-state index in [0.29, 0.717) is 19.5 Å². The molecule has 3 heterocycles. The summed E-state index contributed by atoms with van der Waals surface area (Å²) in [6.45, 7) is 6.66. The van der Waals surface area contributed by atoms with E-state index in [4.69, 9.17) is 4.74 Å². The molecule has 3 fully saturated rings. The maximum absolute atomic E-state index is 13.1. The molecule has 4 atom stereocenters. The Morgan fingerprint density at radius 2 is 2.11 bits per heavy atom. The molecule has 3 aliphatic rings. The van der Waals surface area contributed by atoms with Crippen molar-refractivity contribution in [1.82, 2.24) is 20.0 Å². The summed E-state index contributed by atoms with van der Waals surface area (Å²) in [5.41, 5.74) is -0.689. The number of rotatable bonds is 4. The molecule has 3 unspecified atom stereocenters. The second kappa shape index (κ2) is 7.59. The molecule has 3 aliphatic heterocycles. The van der Waals surface area contributed by atoms with Crippen molar-refractivity contribution in [3.63, 3.8) is 0 Å². The minimum absolute atomic E-state index is 0.0517. The van der Waals surface area contributed by atoms with E-state index in [9.17, 15) is 19.6 Å². The summed E-state index contributed by atoms with van der Waals surface area (Å²) in [7, 11) is 1.80. The lowest BCUT2D eigenvalue weighted by Gasteiger charge is -2.35. The zero-order chi connectivity index (χ0) is 20.6. The third-order valence-electron chi connectivity index (χ3n) is 5.65. The minimum Gasteiger partial charge on any atom is -0.444 e. The zero-order valence-corrected chi connectivity index (χ0v) is 17.0. The lowest BCUT2D eigenvalue weighted by molar-refractivity contribution is -0.138. The molecule has 1 N–H and O–H groups in total. The molecule has 0 aromatic heterocycles. The molecule has 2 bridgehead atoms. The lowest BCUT2D eigenvalue weighted by atomic mass is 10.1. The predicted octanol–water partition coefficient (Wildman–Crippen LogP) is 0.309. The molecule has 0 saturated carbocycles. The standard InChI is InChI=1S/C19H29N5O4/c1-19(2,3)28-18(27)21-14(16(25)24-7-5-6-12(24)9-20)11-23-10-13-8-15(23)17(26)22(13)4/h12-15H,5-8,10-11H2,1-4H3,(H,21,27)/t12?,13-,14?,15?/m0/s1. The van der Waals surface area contributed by atoms with Gasteiger partial charge in [-0.3, -0.25) is 14.5 Å². The van der Waals surface area contributed by atoms with Crippen LogP contribution in [0.1, 0.15) is 40.0 Å². The molecule has 3 rings (SSSR count). The van der Waals surface area contributed by atoms with Crippen molar-refractivity contribution in [3.8, 4) is 6.07 Å². The Balaban J connectivity index is 1.73. The number of hydrogen-bond acceptors (Lipinski definition) is 6. The van der Waals surface area contributed by atoms with Gasteiger partial charge >= 0.3 is 6.09 Å². The quantitative estimate of drug-likeness (QED) is 0.739. The molecular formula is C19H29N5O4. The van der Waals surface area contributed by atoms with Crippen LogP contribution >= 0.6 is 0 Å². The Kier molecular flexibility index (Phi) is 5.53. The van der Waals surface area contributed by atoms with Crippen LogP contribution in [0.5, 0.6) is 0 Å². The molecule has 0 aromatic carbocycles. The van der Waals surface area contributed by atoms with Gasteiger partial charge in [0.1, 0.15) is 17.7 Å². The van der Waals surface area contributed by atoms with E-state index in [2.05, 4.69) is 11.4 Å². The van der Waals surface area contributed by atoms with Crippen molar-refractivity contribution in [2.45, 2.75) is 69.8 Å². The number of amides is 3. The van der Waals surface area contributed by atoms with Crippen LogP contribution in [0.3, 0.4) is 0 Å². The first-order valence-corrected chi connectivity index (χ1v) is 9.81. The van der Waals surface area contributed by atoms with Crippen LogP contribution in [-0.4, -0.2) is 89.1 Å². The van der Waals surface area contributed by atoms with Crippen molar-refractivity contribution in [3.05, 3.63) is 0 Å². The van der Waals surface area contributed by atoms with Gasteiger partial charge < -0.3 is 19.9 Å². The normalized spacial score (nSPS) is 28.4. The summed E-state index contributed by atoms with van der Waals surface area (Å²) in [6.07, 6.45) is 1.47. The number of nitrogens with zero attached hydrogens (tertiary/aromatic N) is 4. The van der Waals surface area contributed by atoms with Crippen LogP contribution in [0, 0.1) is 11.3 Å². The van der Waals surface area contributed by atoms with E-state index in [0.717, 1.165) is 12.8 Å². The van der Waals surface area contributed by atoms with Crippen molar-refractivity contribution >= 4 is 17.9 Å². The van der Waals surface area contributed by atoms with Gasteiger partial charge in [-0.2, -0.15) is 5.26 Å². The number of piperazine rings is 1. The molecule has 9 heteroatoms. The highest BCUT2D eigenvalue weighted by Gasteiger charge is 2.49. The van der Waals surface area contributed by atoms with Gasteiger partial charge in [-0.05, 0) is 40.0 Å². The van der Waals surface area contributed by atoms with E-state index in [1.54, 1.807) is 32.7 Å². The Labute approximate surface area is 165 Å². The molecule has 0 radical (unpaired) electrons. The molecule has 0 aromatic rings. The van der Waals surface area contributed by atoms with Gasteiger partial charge in [-0.15, -0.1) is 0 Å². The number of fused-ring (bicyclic) bond motifs is 2. The highest BCUT2D eigenvalue weighted by Crippen LogP contribution is 2.31. The van der Waals surface area contributed by atoms with E-state index >= 15 is 0 Å². The second-order valence-electron chi connectivity index (χ2n) is 8.83. The zero-order valence-electron chi connectivity index (χ0n) is 17.0. The van der Waals surface area contributed by atoms with Crippen molar-refractivity contribution in [1.29, 1.82) is 5.26 Å². The number of likely N-dealkylation sites (N-methyl/N-ethyl adjacent to an activating group) is 1. The summed E-state index contributed by atoms with van der Waals surface area (Å²) in [5.74, 6) is -0.241. The minimum atomic E-state index is -0.860. The number of likely N-dealkylation sites (tertiary alicyclic amines) is 3. The average Bonchev–Trinajstić information content (AvgIpc) is 3.29. The van der Waals surface area contributed by atoms with Gasteiger partial charge in [0.25, 0.3) is 0 Å². The SMILES string of the molecule is CN1C(=O)C2C[C@H]1CN2CC(NC(=O)OC(C)(C)C)C(=O)N1CCCC1C#N. The van der Waals surface area contributed by atoms with Gasteiger partial charge in [-0.1, -0.05) is 0 Å². The smallest absolute Gasteiger partial charge is 0.408 e. The summed E-state index contributed by atoms with van der Waals surface area (Å²) < 4.78 is 5.32. The predicted molar refractivity (Wildman–Crippen MR) is 100 cm³/mol. The number of hydrogen-bond donors (Lipinski definition) is 1. The summed E-state index contributed by atoms with van der Waals surface area (Å²) >= 11 is 0. The summed E-state index contributed by atoms with van der Waals surface area (Å²) in [5, 5.41) is 12.0. The molecule has 9 nitrogen and oxygen atoms in total. The number of nitriles is 1. The van der Waals surface area contributed by atoms with Gasteiger partial charge in [0, 0.05) is 32.7 Å². The van der Waals surface area contributed by atoms with Gasteiger partial charge in [0.2, 0.25) is 11.8 Å². The van der Waals surface area contributed by atoms with Gasteiger partial charge in [-0.25, -0.2) is 4.79 Å². The van der Waals surface area contributed by atoms with E-state index < -0.39 is 23.8 Å².